The molecule has 0 spiro atoms. The summed E-state index contributed by atoms with van der Waals surface area (Å²) in [5.74, 6) is -0.834. The van der Waals surface area contributed by atoms with Crippen LogP contribution < -0.4 is 5.32 Å². The Bertz CT molecular complexity index is 547. The van der Waals surface area contributed by atoms with E-state index in [1.165, 1.54) is 0 Å². The lowest BCUT2D eigenvalue weighted by Gasteiger charge is -2.16. The minimum atomic E-state index is -0.834. The Labute approximate surface area is 106 Å². The summed E-state index contributed by atoms with van der Waals surface area (Å²) in [7, 11) is 0. The van der Waals surface area contributed by atoms with Crippen LogP contribution in [0.1, 0.15) is 19.4 Å². The summed E-state index contributed by atoms with van der Waals surface area (Å²) in [6.07, 6.45) is 2.49. The van der Waals surface area contributed by atoms with Crippen molar-refractivity contribution in [3.05, 3.63) is 36.1 Å². The molecule has 2 rings (SSSR count). The number of hydrogen-bond acceptors (Lipinski definition) is 3. The first-order valence-electron chi connectivity index (χ1n) is 6.02. The lowest BCUT2D eigenvalue weighted by atomic mass is 10.1. The number of para-hydroxylation sites is 1. The first kappa shape index (κ1) is 12.6. The van der Waals surface area contributed by atoms with E-state index in [9.17, 15) is 4.79 Å². The summed E-state index contributed by atoms with van der Waals surface area (Å²) < 4.78 is 5.46. The normalized spacial score (nSPS) is 14.6. The predicted molar refractivity (Wildman–Crippen MR) is 69.6 cm³/mol. The number of carboxylic acid groups (broad SMARTS) is 1. The number of benzene rings is 1. The van der Waals surface area contributed by atoms with Gasteiger partial charge in [0.1, 0.15) is 11.6 Å². The van der Waals surface area contributed by atoms with Gasteiger partial charge in [0.05, 0.1) is 6.26 Å². The number of nitrogens with one attached hydrogen (secondary N) is 1. The van der Waals surface area contributed by atoms with Gasteiger partial charge in [-0.3, -0.25) is 4.79 Å². The van der Waals surface area contributed by atoms with Gasteiger partial charge in [-0.25, -0.2) is 0 Å². The molecule has 0 fully saturated rings. The van der Waals surface area contributed by atoms with Crippen molar-refractivity contribution >= 4 is 16.9 Å². The largest absolute Gasteiger partial charge is 0.480 e. The molecule has 1 aromatic heterocycles. The molecule has 2 atom stereocenters. The van der Waals surface area contributed by atoms with E-state index in [0.29, 0.717) is 0 Å². The molecule has 1 aromatic carbocycles. The molecule has 2 aromatic rings. The zero-order chi connectivity index (χ0) is 13.1. The summed E-state index contributed by atoms with van der Waals surface area (Å²) in [6, 6.07) is 7.39. The molecule has 1 unspecified atom stereocenters. The fourth-order valence-electron chi connectivity index (χ4n) is 2.08. The van der Waals surface area contributed by atoms with Crippen LogP contribution in [0.3, 0.4) is 0 Å². The average Bonchev–Trinajstić information content (AvgIpc) is 2.72. The van der Waals surface area contributed by atoms with Crippen molar-refractivity contribution in [2.24, 2.45) is 0 Å². The van der Waals surface area contributed by atoms with Crippen LogP contribution in [0.15, 0.2) is 34.9 Å². The number of carboxylic acids is 1. The van der Waals surface area contributed by atoms with Gasteiger partial charge in [-0.05, 0) is 31.9 Å². The molecule has 4 heteroatoms. The zero-order valence-electron chi connectivity index (χ0n) is 10.5. The molecular weight excluding hydrogens is 230 g/mol. The molecule has 2 N–H and O–H groups in total. The maximum Gasteiger partial charge on any atom is 0.320 e. The van der Waals surface area contributed by atoms with Crippen LogP contribution in [0.2, 0.25) is 0 Å². The van der Waals surface area contributed by atoms with Crippen molar-refractivity contribution in [2.45, 2.75) is 32.4 Å². The third-order valence-electron chi connectivity index (χ3n) is 2.99. The number of rotatable bonds is 5. The van der Waals surface area contributed by atoms with E-state index in [-0.39, 0.29) is 6.04 Å². The Morgan fingerprint density at radius 1 is 1.39 bits per heavy atom. The molecular formula is C14H17NO3. The first-order chi connectivity index (χ1) is 8.58. The number of carbonyl (C=O) groups is 1. The van der Waals surface area contributed by atoms with Crippen molar-refractivity contribution in [2.75, 3.05) is 0 Å². The van der Waals surface area contributed by atoms with E-state index in [4.69, 9.17) is 9.52 Å². The van der Waals surface area contributed by atoms with Gasteiger partial charge in [0.2, 0.25) is 0 Å². The van der Waals surface area contributed by atoms with Gasteiger partial charge in [0.25, 0.3) is 0 Å². The smallest absolute Gasteiger partial charge is 0.320 e. The summed E-state index contributed by atoms with van der Waals surface area (Å²) in [5, 5.41) is 13.0. The highest BCUT2D eigenvalue weighted by Crippen LogP contribution is 2.21. The maximum atomic E-state index is 10.8. The quantitative estimate of drug-likeness (QED) is 0.851. The van der Waals surface area contributed by atoms with Crippen molar-refractivity contribution in [3.63, 3.8) is 0 Å². The molecule has 0 aliphatic heterocycles. The molecule has 18 heavy (non-hydrogen) atoms. The van der Waals surface area contributed by atoms with E-state index in [1.807, 2.05) is 31.2 Å². The number of hydrogen-bond donors (Lipinski definition) is 2. The van der Waals surface area contributed by atoms with Gasteiger partial charge < -0.3 is 14.8 Å². The Balaban J connectivity index is 2.07. The summed E-state index contributed by atoms with van der Waals surface area (Å²) in [4.78, 5) is 10.8. The van der Waals surface area contributed by atoms with Crippen LogP contribution in [0.5, 0.6) is 0 Å². The Hall–Kier alpha value is -1.81. The molecule has 1 heterocycles. The summed E-state index contributed by atoms with van der Waals surface area (Å²) in [6.45, 7) is 3.62. The second-order valence-corrected chi connectivity index (χ2v) is 4.59. The second kappa shape index (κ2) is 5.23. The lowest BCUT2D eigenvalue weighted by Crippen LogP contribution is -2.40. The predicted octanol–water partition coefficient (Wildman–Crippen LogP) is 2.43. The van der Waals surface area contributed by atoms with Gasteiger partial charge in [0, 0.05) is 11.4 Å². The fourth-order valence-corrected chi connectivity index (χ4v) is 2.08. The Kier molecular flexibility index (Phi) is 3.67. The van der Waals surface area contributed by atoms with Crippen molar-refractivity contribution in [3.8, 4) is 0 Å². The number of fused-ring (bicyclic) bond motifs is 1. The second-order valence-electron chi connectivity index (χ2n) is 4.59. The highest BCUT2D eigenvalue weighted by Gasteiger charge is 2.15. The molecule has 0 saturated carbocycles. The Morgan fingerprint density at radius 3 is 2.83 bits per heavy atom. The monoisotopic (exact) mass is 247 g/mol. The molecule has 0 bridgehead atoms. The summed E-state index contributed by atoms with van der Waals surface area (Å²) in [5.41, 5.74) is 1.97. The third-order valence-corrected chi connectivity index (χ3v) is 2.99. The van der Waals surface area contributed by atoms with Crippen molar-refractivity contribution in [1.29, 1.82) is 0 Å². The van der Waals surface area contributed by atoms with E-state index >= 15 is 0 Å². The minimum Gasteiger partial charge on any atom is -0.480 e. The number of aliphatic carboxylic acids is 1. The lowest BCUT2D eigenvalue weighted by molar-refractivity contribution is -0.139. The highest BCUT2D eigenvalue weighted by molar-refractivity contribution is 5.80. The topological polar surface area (TPSA) is 62.5 Å². The van der Waals surface area contributed by atoms with Crippen molar-refractivity contribution < 1.29 is 14.3 Å². The number of furan rings is 1. The van der Waals surface area contributed by atoms with E-state index in [2.05, 4.69) is 5.32 Å². The van der Waals surface area contributed by atoms with Gasteiger partial charge in [-0.1, -0.05) is 18.2 Å². The van der Waals surface area contributed by atoms with Gasteiger partial charge in [-0.15, -0.1) is 0 Å². The SMILES string of the molecule is CC(Cc1coc2ccccc12)N[C@H](C)C(=O)O. The summed E-state index contributed by atoms with van der Waals surface area (Å²) >= 11 is 0. The first-order valence-corrected chi connectivity index (χ1v) is 6.02. The Morgan fingerprint density at radius 2 is 2.11 bits per heavy atom. The van der Waals surface area contributed by atoms with Crippen LogP contribution in [0.4, 0.5) is 0 Å². The fraction of sp³-hybridized carbons (Fsp3) is 0.357. The van der Waals surface area contributed by atoms with Crippen LogP contribution in [0, 0.1) is 0 Å². The highest BCUT2D eigenvalue weighted by atomic mass is 16.4. The average molecular weight is 247 g/mol. The molecule has 4 nitrogen and oxygen atoms in total. The third kappa shape index (κ3) is 2.71. The maximum absolute atomic E-state index is 10.8. The van der Waals surface area contributed by atoms with Gasteiger partial charge >= 0.3 is 5.97 Å². The molecule has 0 amide bonds. The van der Waals surface area contributed by atoms with Crippen LogP contribution in [-0.2, 0) is 11.2 Å². The van der Waals surface area contributed by atoms with E-state index < -0.39 is 12.0 Å². The van der Waals surface area contributed by atoms with Crippen molar-refractivity contribution in [1.82, 2.24) is 5.32 Å². The van der Waals surface area contributed by atoms with Crippen LogP contribution in [0.25, 0.3) is 11.0 Å². The molecule has 0 aliphatic rings. The minimum absolute atomic E-state index is 0.0807. The molecule has 0 radical (unpaired) electrons. The molecule has 0 aliphatic carbocycles. The van der Waals surface area contributed by atoms with Crippen LogP contribution in [-0.4, -0.2) is 23.2 Å². The van der Waals surface area contributed by atoms with E-state index in [0.717, 1.165) is 23.0 Å². The van der Waals surface area contributed by atoms with Gasteiger partial charge in [0.15, 0.2) is 0 Å². The van der Waals surface area contributed by atoms with Crippen LogP contribution >= 0.6 is 0 Å². The molecule has 96 valence electrons. The van der Waals surface area contributed by atoms with Gasteiger partial charge in [-0.2, -0.15) is 0 Å². The van der Waals surface area contributed by atoms with E-state index in [1.54, 1.807) is 13.2 Å². The molecule has 0 saturated heterocycles. The standard InChI is InChI=1S/C14H17NO3/c1-9(15-10(2)14(16)17)7-11-8-18-13-6-4-3-5-12(11)13/h3-6,8-10,15H,7H2,1-2H3,(H,16,17)/t9?,10-/m1/s1. The zero-order valence-corrected chi connectivity index (χ0v) is 10.5.